The lowest BCUT2D eigenvalue weighted by Gasteiger charge is -2.16. The number of aliphatic carboxylic acids is 1. The average molecular weight is 357 g/mol. The molecule has 126 valence electrons. The van der Waals surface area contributed by atoms with Crippen LogP contribution in [0.5, 0.6) is 0 Å². The molecule has 0 spiro atoms. The minimum Gasteiger partial charge on any atom is -0.479 e. The maximum Gasteiger partial charge on any atom is 0.330 e. The molecular weight excluding hydrogens is 343 g/mol. The fourth-order valence-electron chi connectivity index (χ4n) is 2.48. The monoisotopic (exact) mass is 356 g/mol. The van der Waals surface area contributed by atoms with Crippen LogP contribution in [0, 0.1) is 5.82 Å². The minimum absolute atomic E-state index is 0.301. The van der Waals surface area contributed by atoms with Crippen LogP contribution in [0.2, 0.25) is 5.02 Å². The van der Waals surface area contributed by atoms with Gasteiger partial charge in [-0.15, -0.1) is 0 Å². The lowest BCUT2D eigenvalue weighted by molar-refractivity contribution is -0.138. The van der Waals surface area contributed by atoms with E-state index in [1.54, 1.807) is 30.3 Å². The Morgan fingerprint density at radius 3 is 2.60 bits per heavy atom. The molecular formula is C19H14ClFN2O2. The Labute approximate surface area is 148 Å². The zero-order chi connectivity index (χ0) is 17.8. The molecule has 4 nitrogen and oxygen atoms in total. The van der Waals surface area contributed by atoms with Crippen molar-refractivity contribution in [3.8, 4) is 11.1 Å². The number of carboxylic acid groups (broad SMARTS) is 1. The molecule has 2 N–H and O–H groups in total. The van der Waals surface area contributed by atoms with Gasteiger partial charge in [0, 0.05) is 22.3 Å². The number of hydrogen-bond acceptors (Lipinski definition) is 3. The predicted octanol–water partition coefficient (Wildman–Crippen LogP) is 4.78. The first-order chi connectivity index (χ1) is 12.0. The van der Waals surface area contributed by atoms with Crippen LogP contribution in [-0.4, -0.2) is 16.1 Å². The molecule has 6 heteroatoms. The van der Waals surface area contributed by atoms with Gasteiger partial charge in [-0.05, 0) is 29.8 Å². The van der Waals surface area contributed by atoms with E-state index in [0.29, 0.717) is 27.4 Å². The summed E-state index contributed by atoms with van der Waals surface area (Å²) in [5.74, 6) is -1.45. The normalized spacial score (nSPS) is 11.8. The van der Waals surface area contributed by atoms with Gasteiger partial charge in [0.05, 0.1) is 11.9 Å². The second-order valence-electron chi connectivity index (χ2n) is 5.41. The van der Waals surface area contributed by atoms with Crippen LogP contribution in [0.15, 0.2) is 67.0 Å². The predicted molar refractivity (Wildman–Crippen MR) is 95.1 cm³/mol. The number of halogens is 2. The van der Waals surface area contributed by atoms with Crippen LogP contribution in [0.4, 0.5) is 10.1 Å². The quantitative estimate of drug-likeness (QED) is 0.690. The van der Waals surface area contributed by atoms with Crippen molar-refractivity contribution >= 4 is 23.3 Å². The number of nitrogens with zero attached hydrogens (tertiary/aromatic N) is 1. The van der Waals surface area contributed by atoms with E-state index in [0.717, 1.165) is 0 Å². The first-order valence-electron chi connectivity index (χ1n) is 7.49. The third kappa shape index (κ3) is 3.95. The van der Waals surface area contributed by atoms with E-state index in [4.69, 9.17) is 11.6 Å². The van der Waals surface area contributed by atoms with E-state index < -0.39 is 17.8 Å². The van der Waals surface area contributed by atoms with Crippen molar-refractivity contribution in [2.75, 3.05) is 5.32 Å². The maximum absolute atomic E-state index is 14.0. The number of carboxylic acids is 1. The van der Waals surface area contributed by atoms with Crippen LogP contribution in [0.1, 0.15) is 11.6 Å². The number of nitrogens with one attached hydrogen (secondary N) is 1. The highest BCUT2D eigenvalue weighted by molar-refractivity contribution is 6.30. The van der Waals surface area contributed by atoms with Crippen LogP contribution in [0.25, 0.3) is 11.1 Å². The fraction of sp³-hybridized carbons (Fsp3) is 0.0526. The smallest absolute Gasteiger partial charge is 0.330 e. The second-order valence-corrected chi connectivity index (χ2v) is 5.85. The van der Waals surface area contributed by atoms with Gasteiger partial charge in [-0.3, -0.25) is 4.98 Å². The molecule has 2 aromatic carbocycles. The molecule has 3 aromatic rings. The second kappa shape index (κ2) is 7.32. The number of benzene rings is 2. The molecule has 0 aliphatic carbocycles. The molecule has 3 rings (SSSR count). The Morgan fingerprint density at radius 1 is 1.12 bits per heavy atom. The molecule has 0 bridgehead atoms. The van der Waals surface area contributed by atoms with E-state index in [1.807, 2.05) is 6.07 Å². The summed E-state index contributed by atoms with van der Waals surface area (Å²) in [4.78, 5) is 15.7. The third-order valence-electron chi connectivity index (χ3n) is 3.67. The summed E-state index contributed by atoms with van der Waals surface area (Å²) in [6.45, 7) is 0. The Hall–Kier alpha value is -2.92. The number of aromatic nitrogens is 1. The maximum atomic E-state index is 14.0. The molecule has 0 aliphatic heterocycles. The Kier molecular flexibility index (Phi) is 4.95. The van der Waals surface area contributed by atoms with Gasteiger partial charge in [0.25, 0.3) is 0 Å². The molecule has 0 saturated heterocycles. The zero-order valence-electron chi connectivity index (χ0n) is 13.0. The topological polar surface area (TPSA) is 62.2 Å². The van der Waals surface area contributed by atoms with E-state index >= 15 is 0 Å². The zero-order valence-corrected chi connectivity index (χ0v) is 13.7. The molecule has 0 saturated carbocycles. The summed E-state index contributed by atoms with van der Waals surface area (Å²) in [5.41, 5.74) is 1.87. The highest BCUT2D eigenvalue weighted by Gasteiger charge is 2.19. The third-order valence-corrected chi connectivity index (χ3v) is 3.90. The number of rotatable bonds is 5. The van der Waals surface area contributed by atoms with Crippen molar-refractivity contribution in [1.29, 1.82) is 0 Å². The Bertz CT molecular complexity index is 903. The highest BCUT2D eigenvalue weighted by atomic mass is 35.5. The number of pyridine rings is 1. The molecule has 1 aromatic heterocycles. The van der Waals surface area contributed by atoms with Gasteiger partial charge >= 0.3 is 5.97 Å². The summed E-state index contributed by atoms with van der Waals surface area (Å²) in [5, 5.41) is 12.8. The van der Waals surface area contributed by atoms with Gasteiger partial charge in [0.1, 0.15) is 5.82 Å². The lowest BCUT2D eigenvalue weighted by Crippen LogP contribution is -2.20. The summed E-state index contributed by atoms with van der Waals surface area (Å²) < 4.78 is 14.0. The van der Waals surface area contributed by atoms with Gasteiger partial charge in [0.2, 0.25) is 0 Å². The number of hydrogen-bond donors (Lipinski definition) is 2. The minimum atomic E-state index is -1.02. The van der Waals surface area contributed by atoms with Crippen LogP contribution >= 0.6 is 11.6 Å². The fourth-order valence-corrected chi connectivity index (χ4v) is 2.66. The molecule has 0 amide bonds. The van der Waals surface area contributed by atoms with Crippen molar-refractivity contribution in [1.82, 2.24) is 4.98 Å². The Morgan fingerprint density at radius 2 is 1.88 bits per heavy atom. The van der Waals surface area contributed by atoms with E-state index in [1.165, 1.54) is 30.6 Å². The standard InChI is InChI=1S/C19H14ClFN2O2/c20-14-6-7-17(21)16(9-14)13-8-15(11-22-10-13)23-18(19(24)25)12-4-2-1-3-5-12/h1-11,18,23H,(H,24,25)/t18-/m1/s1. The van der Waals surface area contributed by atoms with Crippen molar-refractivity contribution in [3.63, 3.8) is 0 Å². The number of carbonyl (C=O) groups is 1. The summed E-state index contributed by atoms with van der Waals surface area (Å²) in [7, 11) is 0. The molecule has 1 atom stereocenters. The van der Waals surface area contributed by atoms with E-state index in [2.05, 4.69) is 10.3 Å². The Balaban J connectivity index is 1.93. The van der Waals surface area contributed by atoms with Crippen molar-refractivity contribution in [3.05, 3.63) is 83.4 Å². The first kappa shape index (κ1) is 16.9. The van der Waals surface area contributed by atoms with Gasteiger partial charge in [-0.1, -0.05) is 41.9 Å². The summed E-state index contributed by atoms with van der Waals surface area (Å²) in [6.07, 6.45) is 2.99. The van der Waals surface area contributed by atoms with Gasteiger partial charge in [-0.2, -0.15) is 0 Å². The van der Waals surface area contributed by atoms with Crippen LogP contribution in [0.3, 0.4) is 0 Å². The largest absolute Gasteiger partial charge is 0.479 e. The van der Waals surface area contributed by atoms with Crippen molar-refractivity contribution in [2.24, 2.45) is 0 Å². The lowest BCUT2D eigenvalue weighted by atomic mass is 10.1. The van der Waals surface area contributed by atoms with Crippen molar-refractivity contribution < 1.29 is 14.3 Å². The van der Waals surface area contributed by atoms with E-state index in [9.17, 15) is 14.3 Å². The van der Waals surface area contributed by atoms with Crippen LogP contribution in [-0.2, 0) is 4.79 Å². The molecule has 25 heavy (non-hydrogen) atoms. The molecule has 0 fully saturated rings. The van der Waals surface area contributed by atoms with Crippen molar-refractivity contribution in [2.45, 2.75) is 6.04 Å². The van der Waals surface area contributed by atoms with Gasteiger partial charge in [0.15, 0.2) is 6.04 Å². The molecule has 0 unspecified atom stereocenters. The highest BCUT2D eigenvalue weighted by Crippen LogP contribution is 2.28. The van der Waals surface area contributed by atoms with Gasteiger partial charge < -0.3 is 10.4 Å². The molecule has 0 radical (unpaired) electrons. The summed E-state index contributed by atoms with van der Waals surface area (Å²) >= 11 is 5.93. The SMILES string of the molecule is O=C(O)[C@H](Nc1cncc(-c2cc(Cl)ccc2F)c1)c1ccccc1. The molecule has 1 heterocycles. The van der Waals surface area contributed by atoms with Gasteiger partial charge in [-0.25, -0.2) is 9.18 Å². The van der Waals surface area contributed by atoms with E-state index in [-0.39, 0.29) is 0 Å². The molecule has 0 aliphatic rings. The number of anilines is 1. The summed E-state index contributed by atoms with van der Waals surface area (Å²) in [6, 6.07) is 13.7. The first-order valence-corrected chi connectivity index (χ1v) is 7.87. The van der Waals surface area contributed by atoms with Crippen LogP contribution < -0.4 is 5.32 Å². The average Bonchev–Trinajstić information content (AvgIpc) is 2.62.